The summed E-state index contributed by atoms with van der Waals surface area (Å²) in [7, 11) is 1.51. The van der Waals surface area contributed by atoms with E-state index >= 15 is 0 Å². The van der Waals surface area contributed by atoms with Crippen LogP contribution in [0.3, 0.4) is 0 Å². The molecule has 1 N–H and O–H groups in total. The van der Waals surface area contributed by atoms with E-state index in [2.05, 4.69) is 16.1 Å². The Hall–Kier alpha value is -0.870. The van der Waals surface area contributed by atoms with Gasteiger partial charge < -0.3 is 14.6 Å². The number of allylic oxidation sites excluding steroid dienone is 1. The number of carbonyl (C=O) groups excluding carboxylic acids is 1. The number of hydrogen-bond acceptors (Lipinski definition) is 4. The minimum Gasteiger partial charge on any atom is -0.461 e. The number of carbonyl (C=O) groups is 1. The van der Waals surface area contributed by atoms with Gasteiger partial charge in [-0.1, -0.05) is 6.08 Å². The summed E-state index contributed by atoms with van der Waals surface area (Å²) >= 11 is 0. The van der Waals surface area contributed by atoms with Gasteiger partial charge in [-0.2, -0.15) is 0 Å². The molecule has 0 saturated heterocycles. The third-order valence-electron chi connectivity index (χ3n) is 0.873. The van der Waals surface area contributed by atoms with Crippen LogP contribution in [0.5, 0.6) is 0 Å². The van der Waals surface area contributed by atoms with E-state index in [0.717, 1.165) is 0 Å². The summed E-state index contributed by atoms with van der Waals surface area (Å²) in [6.07, 6.45) is 0.705. The Kier molecular flexibility index (Phi) is 12.5. The van der Waals surface area contributed by atoms with Crippen LogP contribution < -0.4 is 0 Å². The SMILES string of the molecule is C=CC.COCCOC(=O)C(C)O. The highest BCUT2D eigenvalue weighted by Gasteiger charge is 2.08. The first-order valence-corrected chi connectivity index (χ1v) is 4.00. The molecule has 0 rings (SSSR count). The topological polar surface area (TPSA) is 55.8 Å². The molecule has 0 aromatic heterocycles. The molecule has 4 nitrogen and oxygen atoms in total. The second-order valence-electron chi connectivity index (χ2n) is 2.24. The first-order chi connectivity index (χ1) is 6.09. The zero-order chi connectivity index (χ0) is 10.7. The van der Waals surface area contributed by atoms with Crippen molar-refractivity contribution in [3.8, 4) is 0 Å². The number of aliphatic hydroxyl groups is 1. The zero-order valence-electron chi connectivity index (χ0n) is 8.45. The van der Waals surface area contributed by atoms with Gasteiger partial charge in [-0.05, 0) is 13.8 Å². The average molecular weight is 190 g/mol. The molecule has 13 heavy (non-hydrogen) atoms. The lowest BCUT2D eigenvalue weighted by Gasteiger charge is -2.04. The number of aliphatic hydroxyl groups excluding tert-OH is 1. The van der Waals surface area contributed by atoms with Crippen molar-refractivity contribution < 1.29 is 19.4 Å². The van der Waals surface area contributed by atoms with Crippen molar-refractivity contribution in [2.45, 2.75) is 20.0 Å². The molecule has 1 atom stereocenters. The van der Waals surface area contributed by atoms with E-state index in [1.165, 1.54) is 14.0 Å². The Morgan fingerprint density at radius 3 is 2.38 bits per heavy atom. The van der Waals surface area contributed by atoms with Crippen LogP contribution in [0, 0.1) is 0 Å². The largest absolute Gasteiger partial charge is 0.461 e. The normalized spacial score (nSPS) is 10.8. The molecule has 78 valence electrons. The van der Waals surface area contributed by atoms with Gasteiger partial charge in [0.05, 0.1) is 6.61 Å². The number of hydrogen-bond donors (Lipinski definition) is 1. The van der Waals surface area contributed by atoms with Crippen molar-refractivity contribution in [2.75, 3.05) is 20.3 Å². The lowest BCUT2D eigenvalue weighted by Crippen LogP contribution is -2.21. The summed E-state index contributed by atoms with van der Waals surface area (Å²) in [6.45, 7) is 7.16. The minimum atomic E-state index is -1.04. The van der Waals surface area contributed by atoms with E-state index in [1.54, 1.807) is 6.08 Å². The molecule has 0 aliphatic carbocycles. The van der Waals surface area contributed by atoms with Crippen LogP contribution in [0.4, 0.5) is 0 Å². The molecule has 1 unspecified atom stereocenters. The number of ether oxygens (including phenoxy) is 2. The molecular weight excluding hydrogens is 172 g/mol. The molecule has 0 aliphatic heterocycles. The van der Waals surface area contributed by atoms with Gasteiger partial charge in [0.15, 0.2) is 0 Å². The van der Waals surface area contributed by atoms with Gasteiger partial charge in [-0.3, -0.25) is 0 Å². The van der Waals surface area contributed by atoms with Gasteiger partial charge in [-0.25, -0.2) is 4.79 Å². The number of esters is 1. The molecule has 0 spiro atoms. The van der Waals surface area contributed by atoms with Crippen LogP contribution in [-0.4, -0.2) is 37.5 Å². The fraction of sp³-hybridized carbons (Fsp3) is 0.667. The fourth-order valence-electron chi connectivity index (χ4n) is 0.346. The number of rotatable bonds is 4. The molecule has 0 aromatic rings. The molecule has 0 saturated carbocycles. The standard InChI is InChI=1S/C6H12O4.C3H6/c1-5(7)6(8)10-4-3-9-2;1-3-2/h5,7H,3-4H2,1-2H3;3H,1H2,2H3. The average Bonchev–Trinajstić information content (AvgIpc) is 2.06. The van der Waals surface area contributed by atoms with Crippen molar-refractivity contribution in [1.29, 1.82) is 0 Å². The molecule has 0 aliphatic rings. The van der Waals surface area contributed by atoms with Crippen LogP contribution in [0.25, 0.3) is 0 Å². The Morgan fingerprint density at radius 2 is 2.08 bits per heavy atom. The van der Waals surface area contributed by atoms with Crippen molar-refractivity contribution >= 4 is 5.97 Å². The van der Waals surface area contributed by atoms with Crippen LogP contribution in [0.1, 0.15) is 13.8 Å². The molecule has 0 fully saturated rings. The highest BCUT2D eigenvalue weighted by atomic mass is 16.6. The Balaban J connectivity index is 0. The van der Waals surface area contributed by atoms with Crippen LogP contribution in [0.2, 0.25) is 0 Å². The third-order valence-corrected chi connectivity index (χ3v) is 0.873. The van der Waals surface area contributed by atoms with Gasteiger partial charge in [0.25, 0.3) is 0 Å². The van der Waals surface area contributed by atoms with E-state index in [1.807, 2.05) is 6.92 Å². The molecule has 0 aromatic carbocycles. The summed E-state index contributed by atoms with van der Waals surface area (Å²) in [5.41, 5.74) is 0. The second kappa shape index (κ2) is 11.1. The van der Waals surface area contributed by atoms with E-state index < -0.39 is 12.1 Å². The van der Waals surface area contributed by atoms with Crippen LogP contribution in [0.15, 0.2) is 12.7 Å². The van der Waals surface area contributed by atoms with Gasteiger partial charge in [0.2, 0.25) is 0 Å². The van der Waals surface area contributed by atoms with Crippen molar-refractivity contribution in [3.63, 3.8) is 0 Å². The highest BCUT2D eigenvalue weighted by Crippen LogP contribution is 1.85. The summed E-state index contributed by atoms with van der Waals surface area (Å²) in [5.74, 6) is -0.614. The lowest BCUT2D eigenvalue weighted by atomic mass is 10.4. The summed E-state index contributed by atoms with van der Waals surface area (Å²) in [6, 6.07) is 0. The monoisotopic (exact) mass is 190 g/mol. The first kappa shape index (κ1) is 14.6. The smallest absolute Gasteiger partial charge is 0.334 e. The molecule has 0 radical (unpaired) electrons. The Labute approximate surface area is 79.2 Å². The molecule has 0 heterocycles. The summed E-state index contributed by atoms with van der Waals surface area (Å²) in [4.78, 5) is 10.5. The maximum atomic E-state index is 10.5. The molecule has 0 amide bonds. The van der Waals surface area contributed by atoms with E-state index in [9.17, 15) is 4.79 Å². The molecular formula is C9H18O4. The predicted molar refractivity (Wildman–Crippen MR) is 50.4 cm³/mol. The third kappa shape index (κ3) is 14.0. The molecule has 0 bridgehead atoms. The van der Waals surface area contributed by atoms with E-state index in [4.69, 9.17) is 5.11 Å². The summed E-state index contributed by atoms with van der Waals surface area (Å²) in [5, 5.41) is 8.60. The summed E-state index contributed by atoms with van der Waals surface area (Å²) < 4.78 is 9.14. The maximum Gasteiger partial charge on any atom is 0.334 e. The fourth-order valence-corrected chi connectivity index (χ4v) is 0.346. The van der Waals surface area contributed by atoms with Crippen molar-refractivity contribution in [2.24, 2.45) is 0 Å². The Bertz CT molecular complexity index is 132. The van der Waals surface area contributed by atoms with E-state index in [-0.39, 0.29) is 6.61 Å². The van der Waals surface area contributed by atoms with Crippen LogP contribution in [-0.2, 0) is 14.3 Å². The lowest BCUT2D eigenvalue weighted by molar-refractivity contribution is -0.153. The first-order valence-electron chi connectivity index (χ1n) is 4.00. The van der Waals surface area contributed by atoms with Crippen molar-refractivity contribution in [3.05, 3.63) is 12.7 Å². The van der Waals surface area contributed by atoms with Gasteiger partial charge in [-0.15, -0.1) is 6.58 Å². The minimum absolute atomic E-state index is 0.195. The number of methoxy groups -OCH3 is 1. The molecule has 4 heteroatoms. The van der Waals surface area contributed by atoms with Gasteiger partial charge in [0, 0.05) is 7.11 Å². The maximum absolute atomic E-state index is 10.5. The highest BCUT2D eigenvalue weighted by molar-refractivity contribution is 5.73. The van der Waals surface area contributed by atoms with Gasteiger partial charge >= 0.3 is 5.97 Å². The second-order valence-corrected chi connectivity index (χ2v) is 2.24. The van der Waals surface area contributed by atoms with E-state index in [0.29, 0.717) is 6.61 Å². The zero-order valence-corrected chi connectivity index (χ0v) is 8.45. The van der Waals surface area contributed by atoms with Crippen molar-refractivity contribution in [1.82, 2.24) is 0 Å². The Morgan fingerprint density at radius 1 is 1.62 bits per heavy atom. The van der Waals surface area contributed by atoms with Gasteiger partial charge in [0.1, 0.15) is 12.7 Å². The van der Waals surface area contributed by atoms with Crippen LogP contribution >= 0.6 is 0 Å². The predicted octanol–water partition coefficient (Wildman–Crippen LogP) is 0.749. The quantitative estimate of drug-likeness (QED) is 0.404.